The summed E-state index contributed by atoms with van der Waals surface area (Å²) < 4.78 is 1.35. The van der Waals surface area contributed by atoms with Crippen LogP contribution in [0.4, 0.5) is 0 Å². The number of amides is 4. The number of para-hydroxylation sites is 1. The molecule has 3 aromatic carbocycles. The lowest BCUT2D eigenvalue weighted by atomic mass is 9.73. The number of piperazine rings is 1. The fraction of sp³-hybridized carbons (Fsp3) is 0.386. The van der Waals surface area contributed by atoms with Crippen molar-refractivity contribution in [3.63, 3.8) is 0 Å². The Labute approximate surface area is 335 Å². The highest BCUT2D eigenvalue weighted by Gasteiger charge is 2.52. The second-order valence-corrected chi connectivity index (χ2v) is 15.5. The number of fused-ring (bicyclic) bond motifs is 3. The third-order valence-electron chi connectivity index (χ3n) is 11.6. The molecule has 8 rings (SSSR count). The quantitative estimate of drug-likeness (QED) is 0.107. The van der Waals surface area contributed by atoms with Crippen molar-refractivity contribution in [2.24, 2.45) is 5.92 Å². The van der Waals surface area contributed by atoms with Gasteiger partial charge in [-0.15, -0.1) is 0 Å². The Hall–Kier alpha value is -6.15. The van der Waals surface area contributed by atoms with Crippen LogP contribution in [0.2, 0.25) is 0 Å². The van der Waals surface area contributed by atoms with E-state index in [1.807, 2.05) is 60.7 Å². The molecule has 0 spiro atoms. The number of rotatable bonds is 17. The Morgan fingerprint density at radius 2 is 1.45 bits per heavy atom. The Morgan fingerprint density at radius 3 is 2.16 bits per heavy atom. The molecule has 3 aliphatic heterocycles. The number of Topliss-reactive ketones (excluding diaryl/α,β-unsaturated/α-hetero) is 1. The lowest BCUT2D eigenvalue weighted by molar-refractivity contribution is -0.163. The van der Waals surface area contributed by atoms with Gasteiger partial charge in [-0.05, 0) is 60.8 Å². The van der Waals surface area contributed by atoms with Gasteiger partial charge in [0, 0.05) is 37.0 Å². The topological polar surface area (TPSA) is 196 Å². The van der Waals surface area contributed by atoms with Crippen LogP contribution < -0.4 is 21.3 Å². The Balaban J connectivity index is 1.13. The lowest BCUT2D eigenvalue weighted by Crippen LogP contribution is -2.71. The number of aromatic nitrogens is 1. The first-order chi connectivity index (χ1) is 28.0. The van der Waals surface area contributed by atoms with Crippen LogP contribution in [-0.4, -0.2) is 92.6 Å². The number of benzene rings is 3. The average Bonchev–Trinajstić information content (AvgIpc) is 3.60. The molecule has 14 heteroatoms. The van der Waals surface area contributed by atoms with Gasteiger partial charge >= 0.3 is 5.97 Å². The van der Waals surface area contributed by atoms with Crippen molar-refractivity contribution in [3.05, 3.63) is 108 Å². The molecule has 2 bridgehead atoms. The van der Waals surface area contributed by atoms with E-state index in [4.69, 9.17) is 0 Å². The number of carbonyl (C=O) groups is 7. The van der Waals surface area contributed by atoms with Gasteiger partial charge in [0.2, 0.25) is 29.5 Å². The van der Waals surface area contributed by atoms with Crippen molar-refractivity contribution in [2.75, 3.05) is 6.54 Å². The molecule has 0 unspecified atom stereocenters. The molecule has 1 aliphatic carbocycles. The minimum Gasteiger partial charge on any atom is -0.481 e. The maximum Gasteiger partial charge on any atom is 0.303 e. The Morgan fingerprint density at radius 1 is 0.776 bits per heavy atom. The van der Waals surface area contributed by atoms with Gasteiger partial charge in [-0.25, -0.2) is 0 Å². The molecule has 1 saturated carbocycles. The largest absolute Gasteiger partial charge is 0.481 e. The molecule has 4 amide bonds. The molecule has 4 aromatic rings. The van der Waals surface area contributed by atoms with E-state index in [-0.39, 0.29) is 61.8 Å². The standard InChI is InChI=1S/C44H48N6O8/c51-37(25-45-24-28-11-5-2-6-12-28)33(21-27-9-3-1-4-10-27)47-42(56)34(22-30-26-49(39(53)19-20-40(54)55)36-14-8-7-13-32(30)36)46-38(52)23-35-44(58)50-31-17-15-29(16-18-31)41(50)43(57)48-35/h1-14,26,29,31,33-35,41,45H,15-25H2,(H,46,52)(H,47,56)(H,48,57)(H,54,55)/t29?,31?,33-,34+,35-,41-/m0/s1. The van der Waals surface area contributed by atoms with Gasteiger partial charge in [0.1, 0.15) is 18.1 Å². The smallest absolute Gasteiger partial charge is 0.303 e. The highest BCUT2D eigenvalue weighted by molar-refractivity contribution is 6.01. The van der Waals surface area contributed by atoms with Gasteiger partial charge in [0.25, 0.3) is 0 Å². The van der Waals surface area contributed by atoms with Gasteiger partial charge in [0.15, 0.2) is 5.78 Å². The number of carbonyl (C=O) groups excluding carboxylic acids is 6. The first kappa shape index (κ1) is 40.1. The van der Waals surface area contributed by atoms with Crippen LogP contribution in [-0.2, 0) is 48.2 Å². The summed E-state index contributed by atoms with van der Waals surface area (Å²) in [4.78, 5) is 95.3. The molecular weight excluding hydrogens is 741 g/mol. The third kappa shape index (κ3) is 9.18. The van der Waals surface area contributed by atoms with Crippen molar-refractivity contribution in [1.82, 2.24) is 30.7 Å². The van der Waals surface area contributed by atoms with E-state index < -0.39 is 54.3 Å². The van der Waals surface area contributed by atoms with E-state index >= 15 is 0 Å². The number of nitrogens with zero attached hydrogens (tertiary/aromatic N) is 2. The van der Waals surface area contributed by atoms with E-state index in [0.29, 0.717) is 23.0 Å². The van der Waals surface area contributed by atoms with E-state index in [2.05, 4.69) is 21.3 Å². The second kappa shape index (κ2) is 18.0. The zero-order valence-corrected chi connectivity index (χ0v) is 32.1. The monoisotopic (exact) mass is 788 g/mol. The number of carboxylic acid groups (broad SMARTS) is 1. The number of ketones is 1. The number of aliphatic carboxylic acids is 1. The number of hydrogen-bond donors (Lipinski definition) is 5. The molecule has 4 heterocycles. The molecular formula is C44H48N6O8. The van der Waals surface area contributed by atoms with Crippen LogP contribution in [0.1, 0.15) is 66.4 Å². The SMILES string of the molecule is O=C(O)CCC(=O)n1cc(C[C@@H](NC(=O)C[C@@H]2NC(=O)[C@@H]3C4CCC(CC4)N3C2=O)C(=O)N[C@@H](Cc2ccccc2)C(=O)CNCc2ccccc2)c2ccccc21. The normalized spacial score (nSPS) is 20.8. The molecule has 3 saturated heterocycles. The lowest BCUT2D eigenvalue weighted by Gasteiger charge is -2.53. The van der Waals surface area contributed by atoms with Crippen LogP contribution in [0.5, 0.6) is 0 Å². The minimum atomic E-state index is -1.28. The molecule has 302 valence electrons. The van der Waals surface area contributed by atoms with Gasteiger partial charge in [-0.3, -0.25) is 38.1 Å². The Bertz CT molecular complexity index is 2180. The zero-order valence-electron chi connectivity index (χ0n) is 32.1. The van der Waals surface area contributed by atoms with Crippen molar-refractivity contribution >= 4 is 52.2 Å². The van der Waals surface area contributed by atoms with Gasteiger partial charge < -0.3 is 31.3 Å². The highest BCUT2D eigenvalue weighted by Crippen LogP contribution is 2.41. The maximum absolute atomic E-state index is 14.4. The molecule has 5 N–H and O–H groups in total. The molecule has 4 fully saturated rings. The number of carboxylic acids is 1. The fourth-order valence-corrected chi connectivity index (χ4v) is 8.68. The zero-order chi connectivity index (χ0) is 40.8. The predicted octanol–water partition coefficient (Wildman–Crippen LogP) is 2.92. The van der Waals surface area contributed by atoms with Crippen molar-refractivity contribution in [2.45, 2.75) is 94.5 Å². The highest BCUT2D eigenvalue weighted by atomic mass is 16.4. The summed E-state index contributed by atoms with van der Waals surface area (Å²) in [6.07, 6.45) is 3.98. The summed E-state index contributed by atoms with van der Waals surface area (Å²) >= 11 is 0. The van der Waals surface area contributed by atoms with Gasteiger partial charge in [-0.1, -0.05) is 78.9 Å². The fourth-order valence-electron chi connectivity index (χ4n) is 8.68. The van der Waals surface area contributed by atoms with E-state index in [1.165, 1.54) is 10.8 Å². The van der Waals surface area contributed by atoms with Crippen LogP contribution in [0.15, 0.2) is 91.1 Å². The molecule has 1 aromatic heterocycles. The summed E-state index contributed by atoms with van der Waals surface area (Å²) in [7, 11) is 0. The molecule has 4 atom stereocenters. The molecule has 14 nitrogen and oxygen atoms in total. The Kier molecular flexibility index (Phi) is 12.4. The van der Waals surface area contributed by atoms with Crippen molar-refractivity contribution in [3.8, 4) is 0 Å². The van der Waals surface area contributed by atoms with Crippen molar-refractivity contribution < 1.29 is 38.7 Å². The summed E-state index contributed by atoms with van der Waals surface area (Å²) in [6.45, 7) is 0.390. The van der Waals surface area contributed by atoms with E-state index in [9.17, 15) is 38.7 Å². The number of piperidine rings is 2. The van der Waals surface area contributed by atoms with Crippen LogP contribution in [0, 0.1) is 5.92 Å². The summed E-state index contributed by atoms with van der Waals surface area (Å²) in [5, 5.41) is 21.5. The average molecular weight is 789 g/mol. The maximum atomic E-state index is 14.4. The minimum absolute atomic E-state index is 0.0432. The van der Waals surface area contributed by atoms with Gasteiger partial charge in [-0.2, -0.15) is 0 Å². The number of hydrogen-bond acceptors (Lipinski definition) is 8. The van der Waals surface area contributed by atoms with Crippen LogP contribution in [0.25, 0.3) is 10.9 Å². The van der Waals surface area contributed by atoms with Crippen LogP contribution in [0.3, 0.4) is 0 Å². The van der Waals surface area contributed by atoms with Gasteiger partial charge in [0.05, 0.1) is 30.9 Å². The summed E-state index contributed by atoms with van der Waals surface area (Å²) in [5.41, 5.74) is 2.81. The molecule has 4 aliphatic rings. The summed E-state index contributed by atoms with van der Waals surface area (Å²) in [6, 6.07) is 21.8. The number of nitrogens with one attached hydrogen (secondary N) is 4. The van der Waals surface area contributed by atoms with Crippen molar-refractivity contribution in [1.29, 1.82) is 0 Å². The second-order valence-electron chi connectivity index (χ2n) is 15.5. The summed E-state index contributed by atoms with van der Waals surface area (Å²) in [5.74, 6) is -3.66. The van der Waals surface area contributed by atoms with E-state index in [0.717, 1.165) is 36.8 Å². The van der Waals surface area contributed by atoms with E-state index in [1.54, 1.807) is 29.2 Å². The molecule has 0 radical (unpaired) electrons. The van der Waals surface area contributed by atoms with Crippen LogP contribution >= 0.6 is 0 Å². The first-order valence-electron chi connectivity index (χ1n) is 19.9. The molecule has 58 heavy (non-hydrogen) atoms. The third-order valence-corrected chi connectivity index (χ3v) is 11.6. The predicted molar refractivity (Wildman–Crippen MR) is 213 cm³/mol. The first-order valence-corrected chi connectivity index (χ1v) is 19.9.